The van der Waals surface area contributed by atoms with E-state index in [0.29, 0.717) is 0 Å². The molecule has 0 unspecified atom stereocenters. The van der Waals surface area contributed by atoms with Gasteiger partial charge in [0.05, 0.1) is 4.90 Å². The van der Waals surface area contributed by atoms with Gasteiger partial charge in [-0.3, -0.25) is 4.55 Å². The van der Waals surface area contributed by atoms with Crippen molar-refractivity contribution in [3.63, 3.8) is 0 Å². The second-order valence-corrected chi connectivity index (χ2v) is 5.39. The molecule has 0 aliphatic carbocycles. The summed E-state index contributed by atoms with van der Waals surface area (Å²) in [5.41, 5.74) is 0. The summed E-state index contributed by atoms with van der Waals surface area (Å²) >= 11 is 0. The maximum Gasteiger partial charge on any atom is 0.324 e. The standard InChI is InChI=1S/C6H6O5S2/c7-4-1-2-5(8)6(3-4)12-13(9,10)11/h1-3,7-8H,(H,9,10,11). The highest BCUT2D eigenvalue weighted by atomic mass is 33.1. The van der Waals surface area contributed by atoms with Crippen LogP contribution in [0.25, 0.3) is 0 Å². The number of aromatic hydroxyl groups is 2. The van der Waals surface area contributed by atoms with Crippen LogP contribution >= 0.6 is 10.8 Å². The molecule has 0 amide bonds. The summed E-state index contributed by atoms with van der Waals surface area (Å²) < 4.78 is 29.2. The van der Waals surface area contributed by atoms with Crippen LogP contribution in [0.5, 0.6) is 11.5 Å². The van der Waals surface area contributed by atoms with Crippen LogP contribution in [0, 0.1) is 0 Å². The number of hydrogen-bond acceptors (Lipinski definition) is 5. The molecule has 0 aromatic heterocycles. The topological polar surface area (TPSA) is 94.8 Å². The zero-order valence-corrected chi connectivity index (χ0v) is 7.84. The van der Waals surface area contributed by atoms with Crippen molar-refractivity contribution in [1.82, 2.24) is 0 Å². The van der Waals surface area contributed by atoms with Crippen LogP contribution < -0.4 is 0 Å². The molecule has 1 rings (SSSR count). The van der Waals surface area contributed by atoms with Gasteiger partial charge in [0.15, 0.2) is 0 Å². The summed E-state index contributed by atoms with van der Waals surface area (Å²) in [5, 5.41) is 18.0. The van der Waals surface area contributed by atoms with E-state index in [1.807, 2.05) is 0 Å². The summed E-state index contributed by atoms with van der Waals surface area (Å²) in [4.78, 5) is -0.123. The Balaban J connectivity index is 3.08. The van der Waals surface area contributed by atoms with Crippen molar-refractivity contribution < 1.29 is 23.2 Å². The predicted octanol–water partition coefficient (Wildman–Crippen LogP) is 0.993. The minimum atomic E-state index is -4.27. The van der Waals surface area contributed by atoms with Crippen molar-refractivity contribution in [2.24, 2.45) is 0 Å². The molecule has 0 aliphatic heterocycles. The molecule has 0 aliphatic rings. The molecule has 0 saturated heterocycles. The monoisotopic (exact) mass is 222 g/mol. The van der Waals surface area contributed by atoms with Crippen molar-refractivity contribution in [1.29, 1.82) is 0 Å². The van der Waals surface area contributed by atoms with Gasteiger partial charge in [-0.2, -0.15) is 8.42 Å². The van der Waals surface area contributed by atoms with E-state index in [4.69, 9.17) is 14.8 Å². The zero-order valence-electron chi connectivity index (χ0n) is 6.21. The Morgan fingerprint density at radius 2 is 1.85 bits per heavy atom. The van der Waals surface area contributed by atoms with Crippen LogP contribution in [0.4, 0.5) is 0 Å². The molecule has 0 saturated carbocycles. The average Bonchev–Trinajstić information content (AvgIpc) is 1.94. The fourth-order valence-corrected chi connectivity index (χ4v) is 2.31. The van der Waals surface area contributed by atoms with Crippen LogP contribution in [-0.2, 0) is 9.15 Å². The second-order valence-electron chi connectivity index (χ2n) is 2.16. The van der Waals surface area contributed by atoms with Gasteiger partial charge in [-0.05, 0) is 18.2 Å². The Kier molecular flexibility index (Phi) is 2.69. The zero-order chi connectivity index (χ0) is 10.1. The number of benzene rings is 1. The molecule has 72 valence electrons. The van der Waals surface area contributed by atoms with Gasteiger partial charge in [0.2, 0.25) is 0 Å². The van der Waals surface area contributed by atoms with E-state index in [-0.39, 0.29) is 27.2 Å². The maximum atomic E-state index is 10.4. The van der Waals surface area contributed by atoms with E-state index in [2.05, 4.69) is 0 Å². The molecule has 5 nitrogen and oxygen atoms in total. The molecule has 0 atom stereocenters. The lowest BCUT2D eigenvalue weighted by Gasteiger charge is -2.01. The Bertz CT molecular complexity index is 411. The first-order chi connectivity index (χ1) is 5.88. The van der Waals surface area contributed by atoms with Gasteiger partial charge in [0.25, 0.3) is 0 Å². The summed E-state index contributed by atoms with van der Waals surface area (Å²) in [6.07, 6.45) is 0. The van der Waals surface area contributed by atoms with Gasteiger partial charge in [-0.15, -0.1) is 0 Å². The van der Waals surface area contributed by atoms with Crippen molar-refractivity contribution in [3.8, 4) is 11.5 Å². The summed E-state index contributed by atoms with van der Waals surface area (Å²) in [5.74, 6) is -0.510. The number of phenols is 2. The molecule has 1 aromatic carbocycles. The highest BCUT2D eigenvalue weighted by molar-refractivity contribution is 8.70. The Hall–Kier alpha value is -0.920. The van der Waals surface area contributed by atoms with Crippen LogP contribution in [0.3, 0.4) is 0 Å². The predicted molar refractivity (Wildman–Crippen MR) is 47.2 cm³/mol. The third-order valence-electron chi connectivity index (χ3n) is 1.14. The van der Waals surface area contributed by atoms with E-state index >= 15 is 0 Å². The highest BCUT2D eigenvalue weighted by Gasteiger charge is 2.12. The van der Waals surface area contributed by atoms with Crippen molar-refractivity contribution >= 4 is 19.9 Å². The van der Waals surface area contributed by atoms with Crippen LogP contribution in [-0.4, -0.2) is 23.2 Å². The van der Waals surface area contributed by atoms with Crippen LogP contribution in [0.2, 0.25) is 0 Å². The Labute approximate surface area is 78.2 Å². The van der Waals surface area contributed by atoms with Crippen LogP contribution in [0.1, 0.15) is 0 Å². The summed E-state index contributed by atoms with van der Waals surface area (Å²) in [6, 6.07) is 3.36. The molecule has 13 heavy (non-hydrogen) atoms. The third kappa shape index (κ3) is 3.13. The van der Waals surface area contributed by atoms with E-state index in [9.17, 15) is 8.42 Å². The molecular weight excluding hydrogens is 216 g/mol. The molecule has 0 fully saturated rings. The summed E-state index contributed by atoms with van der Waals surface area (Å²) in [7, 11) is -4.21. The average molecular weight is 222 g/mol. The lowest BCUT2D eigenvalue weighted by molar-refractivity contribution is 0.448. The second kappa shape index (κ2) is 3.44. The van der Waals surface area contributed by atoms with Gasteiger partial charge in [0, 0.05) is 10.8 Å². The van der Waals surface area contributed by atoms with Crippen molar-refractivity contribution in [3.05, 3.63) is 18.2 Å². The fourth-order valence-electron chi connectivity index (χ4n) is 0.683. The van der Waals surface area contributed by atoms with Gasteiger partial charge >= 0.3 is 9.15 Å². The van der Waals surface area contributed by atoms with E-state index in [0.717, 1.165) is 12.1 Å². The van der Waals surface area contributed by atoms with Gasteiger partial charge in [-0.1, -0.05) is 0 Å². The third-order valence-corrected chi connectivity index (χ3v) is 3.03. The first kappa shape index (κ1) is 10.2. The number of hydrogen-bond donors (Lipinski definition) is 3. The van der Waals surface area contributed by atoms with E-state index in [1.54, 1.807) is 0 Å². The first-order valence-electron chi connectivity index (χ1n) is 3.07. The molecular formula is C6H6O5S2. The van der Waals surface area contributed by atoms with Crippen molar-refractivity contribution in [2.75, 3.05) is 0 Å². The minimum absolute atomic E-state index is 0.0593. The quantitative estimate of drug-likeness (QED) is 0.392. The molecule has 0 heterocycles. The largest absolute Gasteiger partial charge is 0.508 e. The molecule has 1 aromatic rings. The maximum absolute atomic E-state index is 10.4. The Morgan fingerprint density at radius 1 is 1.23 bits per heavy atom. The molecule has 0 spiro atoms. The molecule has 0 bridgehead atoms. The normalized spacial score (nSPS) is 11.5. The van der Waals surface area contributed by atoms with Gasteiger partial charge in [0.1, 0.15) is 11.5 Å². The van der Waals surface area contributed by atoms with Crippen molar-refractivity contribution in [2.45, 2.75) is 4.90 Å². The minimum Gasteiger partial charge on any atom is -0.508 e. The highest BCUT2D eigenvalue weighted by Crippen LogP contribution is 2.33. The van der Waals surface area contributed by atoms with Crippen LogP contribution in [0.15, 0.2) is 23.1 Å². The lowest BCUT2D eigenvalue weighted by atomic mass is 10.3. The van der Waals surface area contributed by atoms with Gasteiger partial charge < -0.3 is 10.2 Å². The Morgan fingerprint density at radius 3 is 2.38 bits per heavy atom. The first-order valence-corrected chi connectivity index (χ1v) is 5.85. The summed E-state index contributed by atoms with van der Waals surface area (Å²) in [6.45, 7) is 0. The smallest absolute Gasteiger partial charge is 0.324 e. The molecule has 3 N–H and O–H groups in total. The van der Waals surface area contributed by atoms with Gasteiger partial charge in [-0.25, -0.2) is 0 Å². The SMILES string of the molecule is O=S(=O)(O)Sc1cc(O)ccc1O. The number of phenolic OH excluding ortho intramolecular Hbond substituents is 2. The molecule has 0 radical (unpaired) electrons. The van der Waals surface area contributed by atoms with E-state index < -0.39 is 9.15 Å². The molecule has 7 heteroatoms. The fraction of sp³-hybridized carbons (Fsp3) is 0. The van der Waals surface area contributed by atoms with E-state index in [1.165, 1.54) is 6.07 Å². The lowest BCUT2D eigenvalue weighted by Crippen LogP contribution is -1.88. The number of rotatable bonds is 2.